The van der Waals surface area contributed by atoms with Crippen LogP contribution in [0.1, 0.15) is 22.3 Å². The minimum Gasteiger partial charge on any atom is -0.370 e. The smallest absolute Gasteiger partial charge is 0.251 e. The van der Waals surface area contributed by atoms with Gasteiger partial charge < -0.3 is 10.2 Å². The van der Waals surface area contributed by atoms with E-state index in [0.29, 0.717) is 12.1 Å². The van der Waals surface area contributed by atoms with Crippen molar-refractivity contribution in [2.75, 3.05) is 30.8 Å². The number of hydrogen-bond acceptors (Lipinski definition) is 4. The second-order valence-corrected chi connectivity index (χ2v) is 8.29. The van der Waals surface area contributed by atoms with Crippen LogP contribution in [0.25, 0.3) is 0 Å². The van der Waals surface area contributed by atoms with E-state index in [1.54, 1.807) is 12.1 Å². The Morgan fingerprint density at radius 2 is 1.96 bits per heavy atom. The van der Waals surface area contributed by atoms with Crippen LogP contribution in [0.3, 0.4) is 0 Å². The maximum absolute atomic E-state index is 12.3. The van der Waals surface area contributed by atoms with Crippen LogP contribution in [0.5, 0.6) is 0 Å². The highest BCUT2D eigenvalue weighted by Gasteiger charge is 2.16. The van der Waals surface area contributed by atoms with Gasteiger partial charge in [0.05, 0.1) is 4.90 Å². The minimum atomic E-state index is -3.32. The van der Waals surface area contributed by atoms with Crippen molar-refractivity contribution in [3.05, 3.63) is 59.7 Å². The van der Waals surface area contributed by atoms with Gasteiger partial charge in [0.1, 0.15) is 0 Å². The first-order chi connectivity index (χ1) is 11.9. The zero-order valence-electron chi connectivity index (χ0n) is 14.2. The third-order valence-corrected chi connectivity index (χ3v) is 5.51. The highest BCUT2D eigenvalue weighted by molar-refractivity contribution is 7.90. The number of carbonyl (C=O) groups excluding carboxylic acids is 1. The molecule has 0 aliphatic carbocycles. The van der Waals surface area contributed by atoms with Crippen molar-refractivity contribution >= 4 is 21.4 Å². The molecule has 6 heteroatoms. The molecule has 2 aromatic rings. The number of nitrogens with one attached hydrogen (secondary N) is 1. The van der Waals surface area contributed by atoms with E-state index in [-0.39, 0.29) is 10.8 Å². The van der Waals surface area contributed by atoms with E-state index in [9.17, 15) is 13.2 Å². The predicted octanol–water partition coefficient (Wildman–Crippen LogP) is 2.27. The summed E-state index contributed by atoms with van der Waals surface area (Å²) < 4.78 is 23.2. The molecule has 1 N–H and O–H groups in total. The monoisotopic (exact) mass is 358 g/mol. The van der Waals surface area contributed by atoms with Gasteiger partial charge >= 0.3 is 0 Å². The zero-order valence-corrected chi connectivity index (χ0v) is 15.1. The fraction of sp³-hybridized carbons (Fsp3) is 0.316. The van der Waals surface area contributed by atoms with Crippen LogP contribution in [0, 0.1) is 0 Å². The lowest BCUT2D eigenvalue weighted by molar-refractivity contribution is 0.0954. The molecule has 25 heavy (non-hydrogen) atoms. The Bertz CT molecular complexity index is 878. The van der Waals surface area contributed by atoms with Gasteiger partial charge in [-0.15, -0.1) is 0 Å². The lowest BCUT2D eigenvalue weighted by atomic mass is 10.0. The summed E-state index contributed by atoms with van der Waals surface area (Å²) in [5.41, 5.74) is 2.95. The molecule has 0 saturated carbocycles. The lowest BCUT2D eigenvalue weighted by Crippen LogP contribution is -2.37. The van der Waals surface area contributed by atoms with Gasteiger partial charge in [0.15, 0.2) is 9.84 Å². The average molecular weight is 358 g/mol. The molecule has 1 amide bonds. The van der Waals surface area contributed by atoms with E-state index in [1.807, 2.05) is 6.07 Å². The summed E-state index contributed by atoms with van der Waals surface area (Å²) in [4.78, 5) is 14.7. The van der Waals surface area contributed by atoms with Crippen molar-refractivity contribution in [1.82, 2.24) is 5.32 Å². The van der Waals surface area contributed by atoms with Crippen LogP contribution in [0.15, 0.2) is 53.4 Å². The van der Waals surface area contributed by atoms with Gasteiger partial charge in [0.2, 0.25) is 0 Å². The number of hydrogen-bond donors (Lipinski definition) is 1. The van der Waals surface area contributed by atoms with E-state index < -0.39 is 9.84 Å². The van der Waals surface area contributed by atoms with Gasteiger partial charge in [0, 0.05) is 37.1 Å². The van der Waals surface area contributed by atoms with Crippen molar-refractivity contribution in [1.29, 1.82) is 0 Å². The number of fused-ring (bicyclic) bond motifs is 1. The van der Waals surface area contributed by atoms with Gasteiger partial charge in [-0.3, -0.25) is 4.79 Å². The Morgan fingerprint density at radius 1 is 1.16 bits per heavy atom. The second kappa shape index (κ2) is 7.27. The number of carbonyl (C=O) groups is 1. The van der Waals surface area contributed by atoms with E-state index in [1.165, 1.54) is 23.4 Å². The molecule has 0 spiro atoms. The van der Waals surface area contributed by atoms with Gasteiger partial charge in [-0.25, -0.2) is 8.42 Å². The van der Waals surface area contributed by atoms with E-state index in [2.05, 4.69) is 28.4 Å². The summed E-state index contributed by atoms with van der Waals surface area (Å²) in [7, 11) is -3.32. The summed E-state index contributed by atoms with van der Waals surface area (Å²) >= 11 is 0. The van der Waals surface area contributed by atoms with Crippen LogP contribution in [0.4, 0.5) is 5.69 Å². The Labute approximate surface area is 148 Å². The largest absolute Gasteiger partial charge is 0.370 e. The number of benzene rings is 2. The number of anilines is 1. The summed E-state index contributed by atoms with van der Waals surface area (Å²) in [6.07, 6.45) is 3.34. The first kappa shape index (κ1) is 17.5. The molecule has 2 aromatic carbocycles. The van der Waals surface area contributed by atoms with Gasteiger partial charge in [-0.05, 0) is 42.7 Å². The quantitative estimate of drug-likeness (QED) is 0.890. The Kier molecular flexibility index (Phi) is 5.08. The molecule has 1 aliphatic heterocycles. The number of rotatable bonds is 5. The van der Waals surface area contributed by atoms with Crippen molar-refractivity contribution in [3.8, 4) is 0 Å². The fourth-order valence-electron chi connectivity index (χ4n) is 3.12. The highest BCUT2D eigenvalue weighted by Crippen LogP contribution is 2.26. The summed E-state index contributed by atoms with van der Waals surface area (Å²) in [6, 6.07) is 14.5. The van der Waals surface area contributed by atoms with Gasteiger partial charge in [-0.1, -0.05) is 24.3 Å². The average Bonchev–Trinajstić information content (AvgIpc) is 2.61. The molecule has 0 bridgehead atoms. The standard InChI is InChI=1S/C19H22N2O3S/c1-25(23,24)17-9-4-7-16(14-17)19(22)20-11-13-21-12-5-8-15-6-2-3-10-18(15)21/h2-4,6-7,9-10,14H,5,8,11-13H2,1H3,(H,20,22). The predicted molar refractivity (Wildman–Crippen MR) is 98.9 cm³/mol. The van der Waals surface area contributed by atoms with Crippen LogP contribution >= 0.6 is 0 Å². The third-order valence-electron chi connectivity index (χ3n) is 4.40. The molecule has 0 radical (unpaired) electrons. The summed E-state index contributed by atoms with van der Waals surface area (Å²) in [6.45, 7) is 2.22. The molecule has 0 saturated heterocycles. The fourth-order valence-corrected chi connectivity index (χ4v) is 3.79. The number of nitrogens with zero attached hydrogens (tertiary/aromatic N) is 1. The molecular formula is C19H22N2O3S. The molecular weight excluding hydrogens is 336 g/mol. The van der Waals surface area contributed by atoms with Crippen molar-refractivity contribution in [3.63, 3.8) is 0 Å². The minimum absolute atomic E-state index is 0.158. The molecule has 132 valence electrons. The highest BCUT2D eigenvalue weighted by atomic mass is 32.2. The molecule has 0 aromatic heterocycles. The Hall–Kier alpha value is -2.34. The summed E-state index contributed by atoms with van der Waals surface area (Å²) in [5, 5.41) is 2.88. The first-order valence-electron chi connectivity index (χ1n) is 8.36. The van der Waals surface area contributed by atoms with E-state index in [0.717, 1.165) is 32.2 Å². The molecule has 0 unspecified atom stereocenters. The van der Waals surface area contributed by atoms with E-state index >= 15 is 0 Å². The third kappa shape index (κ3) is 4.20. The zero-order chi connectivity index (χ0) is 17.9. The van der Waals surface area contributed by atoms with Crippen LogP contribution < -0.4 is 10.2 Å². The van der Waals surface area contributed by atoms with Gasteiger partial charge in [0.25, 0.3) is 5.91 Å². The topological polar surface area (TPSA) is 66.5 Å². The van der Waals surface area contributed by atoms with Crippen LogP contribution in [-0.4, -0.2) is 40.2 Å². The molecule has 0 atom stereocenters. The maximum atomic E-state index is 12.3. The van der Waals surface area contributed by atoms with E-state index in [4.69, 9.17) is 0 Å². The Balaban J connectivity index is 1.61. The lowest BCUT2D eigenvalue weighted by Gasteiger charge is -2.31. The molecule has 1 aliphatic rings. The number of para-hydroxylation sites is 1. The second-order valence-electron chi connectivity index (χ2n) is 6.28. The van der Waals surface area contributed by atoms with Crippen molar-refractivity contribution < 1.29 is 13.2 Å². The first-order valence-corrected chi connectivity index (χ1v) is 10.3. The molecule has 1 heterocycles. The van der Waals surface area contributed by atoms with Crippen LogP contribution in [-0.2, 0) is 16.3 Å². The molecule has 0 fully saturated rings. The molecule has 5 nitrogen and oxygen atoms in total. The maximum Gasteiger partial charge on any atom is 0.251 e. The SMILES string of the molecule is CS(=O)(=O)c1cccc(C(=O)NCCN2CCCc3ccccc32)c1. The summed E-state index contributed by atoms with van der Waals surface area (Å²) in [5.74, 6) is -0.254. The Morgan fingerprint density at radius 3 is 2.76 bits per heavy atom. The van der Waals surface area contributed by atoms with Crippen molar-refractivity contribution in [2.24, 2.45) is 0 Å². The van der Waals surface area contributed by atoms with Crippen LogP contribution in [0.2, 0.25) is 0 Å². The normalized spacial score (nSPS) is 14.0. The molecule has 3 rings (SSSR count). The van der Waals surface area contributed by atoms with Gasteiger partial charge in [-0.2, -0.15) is 0 Å². The number of aryl methyl sites for hydroxylation is 1. The number of sulfone groups is 1. The van der Waals surface area contributed by atoms with Crippen molar-refractivity contribution in [2.45, 2.75) is 17.7 Å². The number of amides is 1.